The number of hydrogen-bond donors (Lipinski definition) is 1. The number of amides is 3. The van der Waals surface area contributed by atoms with E-state index in [0.29, 0.717) is 31.5 Å². The van der Waals surface area contributed by atoms with Crippen molar-refractivity contribution in [2.75, 3.05) is 26.2 Å². The molecule has 0 aromatic heterocycles. The molecule has 4 rings (SSSR count). The van der Waals surface area contributed by atoms with Gasteiger partial charge in [-0.1, -0.05) is 24.3 Å². The molecule has 2 fully saturated rings. The quantitative estimate of drug-likeness (QED) is 0.775. The van der Waals surface area contributed by atoms with Crippen LogP contribution in [0.15, 0.2) is 48.6 Å². The van der Waals surface area contributed by atoms with Crippen LogP contribution in [-0.2, 0) is 4.79 Å². The summed E-state index contributed by atoms with van der Waals surface area (Å²) in [4.78, 5) is 41.0. The molecule has 0 spiro atoms. The summed E-state index contributed by atoms with van der Waals surface area (Å²) in [5, 5.41) is 2.87. The number of halogens is 1. The number of likely N-dealkylation sites (tertiary alicyclic amines) is 1. The Hall–Kier alpha value is -2.80. The number of benzene rings is 1. The Balaban J connectivity index is 1.28. The maximum Gasteiger partial charge on any atom is 0.324 e. The van der Waals surface area contributed by atoms with E-state index in [1.165, 1.54) is 29.2 Å². The van der Waals surface area contributed by atoms with Crippen molar-refractivity contribution in [3.8, 4) is 0 Å². The molecule has 3 amide bonds. The second kappa shape index (κ2) is 8.29. The number of piperidine rings is 1. The third-order valence-electron chi connectivity index (χ3n) is 5.95. The van der Waals surface area contributed by atoms with Crippen molar-refractivity contribution in [1.29, 1.82) is 0 Å². The van der Waals surface area contributed by atoms with Crippen molar-refractivity contribution in [3.05, 3.63) is 60.0 Å². The van der Waals surface area contributed by atoms with E-state index in [1.54, 1.807) is 0 Å². The summed E-state index contributed by atoms with van der Waals surface area (Å²) in [6, 6.07) is 5.08. The second-order valence-electron chi connectivity index (χ2n) is 7.75. The first-order valence-corrected chi connectivity index (χ1v) is 10.0. The van der Waals surface area contributed by atoms with Crippen LogP contribution in [0, 0.1) is 17.7 Å². The Morgan fingerprint density at radius 2 is 1.72 bits per heavy atom. The van der Waals surface area contributed by atoms with Crippen LogP contribution in [0.1, 0.15) is 23.2 Å². The molecule has 0 bridgehead atoms. The van der Waals surface area contributed by atoms with Crippen molar-refractivity contribution in [3.63, 3.8) is 0 Å². The number of urea groups is 1. The minimum Gasteiger partial charge on any atom is -0.330 e. The number of nitrogens with zero attached hydrogens (tertiary/aromatic N) is 2. The van der Waals surface area contributed by atoms with Crippen molar-refractivity contribution < 1.29 is 18.8 Å². The number of carbonyl (C=O) groups is 3. The second-order valence-corrected chi connectivity index (χ2v) is 7.75. The van der Waals surface area contributed by atoms with Crippen LogP contribution < -0.4 is 5.32 Å². The summed E-state index contributed by atoms with van der Waals surface area (Å²) in [5.74, 6) is -0.869. The highest BCUT2D eigenvalue weighted by Gasteiger charge is 2.39. The number of imide groups is 1. The Labute approximate surface area is 169 Å². The van der Waals surface area contributed by atoms with Crippen molar-refractivity contribution >= 4 is 17.7 Å². The van der Waals surface area contributed by atoms with Gasteiger partial charge in [-0.15, -0.1) is 0 Å². The zero-order chi connectivity index (χ0) is 20.4. The Morgan fingerprint density at radius 1 is 1.03 bits per heavy atom. The van der Waals surface area contributed by atoms with Crippen LogP contribution >= 0.6 is 0 Å². The van der Waals surface area contributed by atoms with Gasteiger partial charge in [-0.05, 0) is 50.2 Å². The Bertz CT molecular complexity index is 857. The fourth-order valence-corrected chi connectivity index (χ4v) is 4.20. The number of hydrogen-bond acceptors (Lipinski definition) is 4. The number of nitrogens with one attached hydrogen (secondary N) is 1. The first kappa shape index (κ1) is 19.5. The average Bonchev–Trinajstić information content (AvgIpc) is 2.74. The molecule has 2 saturated heterocycles. The number of allylic oxidation sites excluding steroid dienone is 2. The molecule has 152 valence electrons. The van der Waals surface area contributed by atoms with Gasteiger partial charge in [0.15, 0.2) is 5.78 Å². The zero-order valence-electron chi connectivity index (χ0n) is 16.1. The molecule has 2 heterocycles. The van der Waals surface area contributed by atoms with Crippen LogP contribution in [-0.4, -0.2) is 59.7 Å². The van der Waals surface area contributed by atoms with Gasteiger partial charge < -0.3 is 10.2 Å². The standard InChI is InChI=1S/C22H24FN3O3/c23-17-7-5-15(6-8-17)20(27)16-9-11-25(12-10-16)13-14-26-21(28)18-3-1-2-4-19(18)24-22(26)29/h1-8,16,18-19H,9-14H2,(H,24,29). The van der Waals surface area contributed by atoms with E-state index in [0.717, 1.165) is 13.1 Å². The molecule has 7 heteroatoms. The van der Waals surface area contributed by atoms with E-state index in [2.05, 4.69) is 10.2 Å². The van der Waals surface area contributed by atoms with E-state index in [1.807, 2.05) is 24.3 Å². The first-order chi connectivity index (χ1) is 14.0. The van der Waals surface area contributed by atoms with E-state index in [-0.39, 0.29) is 41.4 Å². The molecule has 0 saturated carbocycles. The van der Waals surface area contributed by atoms with Gasteiger partial charge in [-0.3, -0.25) is 14.5 Å². The van der Waals surface area contributed by atoms with Gasteiger partial charge in [0.05, 0.1) is 12.0 Å². The minimum atomic E-state index is -0.349. The molecule has 29 heavy (non-hydrogen) atoms. The van der Waals surface area contributed by atoms with Crippen molar-refractivity contribution in [2.24, 2.45) is 11.8 Å². The fraction of sp³-hybridized carbons (Fsp3) is 0.409. The molecular weight excluding hydrogens is 373 g/mol. The summed E-state index contributed by atoms with van der Waals surface area (Å²) in [6.07, 6.45) is 8.76. The van der Waals surface area contributed by atoms with E-state index < -0.39 is 0 Å². The largest absolute Gasteiger partial charge is 0.330 e. The lowest BCUT2D eigenvalue weighted by Gasteiger charge is -2.37. The number of fused-ring (bicyclic) bond motifs is 1. The van der Waals surface area contributed by atoms with Crippen molar-refractivity contribution in [1.82, 2.24) is 15.1 Å². The van der Waals surface area contributed by atoms with Crippen LogP contribution in [0.25, 0.3) is 0 Å². The molecule has 1 aromatic rings. The lowest BCUT2D eigenvalue weighted by Crippen LogP contribution is -2.60. The third kappa shape index (κ3) is 4.15. The predicted octanol–water partition coefficient (Wildman–Crippen LogP) is 2.38. The lowest BCUT2D eigenvalue weighted by molar-refractivity contribution is -0.133. The molecule has 2 unspecified atom stereocenters. The van der Waals surface area contributed by atoms with Gasteiger partial charge in [0.2, 0.25) is 5.91 Å². The summed E-state index contributed by atoms with van der Waals surface area (Å²) in [7, 11) is 0. The highest BCUT2D eigenvalue weighted by Crippen LogP contribution is 2.23. The van der Waals surface area contributed by atoms with Crippen LogP contribution in [0.3, 0.4) is 0 Å². The molecule has 6 nitrogen and oxygen atoms in total. The van der Waals surface area contributed by atoms with Crippen LogP contribution in [0.2, 0.25) is 0 Å². The van der Waals surface area contributed by atoms with Gasteiger partial charge >= 0.3 is 6.03 Å². The summed E-state index contributed by atoms with van der Waals surface area (Å²) >= 11 is 0. The van der Waals surface area contributed by atoms with E-state index in [9.17, 15) is 18.8 Å². The number of ketones is 1. The monoisotopic (exact) mass is 397 g/mol. The number of Topliss-reactive ketones (excluding diaryl/α,β-unsaturated/α-hetero) is 1. The van der Waals surface area contributed by atoms with E-state index >= 15 is 0 Å². The molecular formula is C22H24FN3O3. The normalized spacial score (nSPS) is 25.1. The smallest absolute Gasteiger partial charge is 0.324 e. The summed E-state index contributed by atoms with van der Waals surface area (Å²) < 4.78 is 13.0. The molecule has 2 aliphatic heterocycles. The highest BCUT2D eigenvalue weighted by atomic mass is 19.1. The van der Waals surface area contributed by atoms with Gasteiger partial charge in [-0.2, -0.15) is 0 Å². The molecule has 2 atom stereocenters. The average molecular weight is 397 g/mol. The maximum absolute atomic E-state index is 13.0. The van der Waals surface area contributed by atoms with Gasteiger partial charge in [0.1, 0.15) is 5.82 Å². The molecule has 1 aliphatic carbocycles. The Morgan fingerprint density at radius 3 is 2.45 bits per heavy atom. The first-order valence-electron chi connectivity index (χ1n) is 10.0. The number of carbonyl (C=O) groups excluding carboxylic acids is 3. The lowest BCUT2D eigenvalue weighted by atomic mass is 9.89. The zero-order valence-corrected chi connectivity index (χ0v) is 16.1. The van der Waals surface area contributed by atoms with Gasteiger partial charge in [-0.25, -0.2) is 9.18 Å². The van der Waals surface area contributed by atoms with Crippen LogP contribution in [0.4, 0.5) is 9.18 Å². The molecule has 1 N–H and O–H groups in total. The highest BCUT2D eigenvalue weighted by molar-refractivity contribution is 6.00. The maximum atomic E-state index is 13.0. The Kier molecular flexibility index (Phi) is 5.58. The van der Waals surface area contributed by atoms with Crippen LogP contribution in [0.5, 0.6) is 0 Å². The van der Waals surface area contributed by atoms with Crippen molar-refractivity contribution in [2.45, 2.75) is 18.9 Å². The number of rotatable bonds is 5. The van der Waals surface area contributed by atoms with Gasteiger partial charge in [0, 0.05) is 24.6 Å². The third-order valence-corrected chi connectivity index (χ3v) is 5.95. The summed E-state index contributed by atoms with van der Waals surface area (Å²) in [5.41, 5.74) is 0.546. The molecule has 0 radical (unpaired) electrons. The topological polar surface area (TPSA) is 69.7 Å². The predicted molar refractivity (Wildman–Crippen MR) is 106 cm³/mol. The SMILES string of the molecule is O=C(c1ccc(F)cc1)C1CCN(CCN2C(=O)NC3C=CC=CC3C2=O)CC1. The molecule has 3 aliphatic rings. The minimum absolute atomic E-state index is 0.0541. The summed E-state index contributed by atoms with van der Waals surface area (Å²) in [6.45, 7) is 2.39. The molecule has 1 aromatic carbocycles. The van der Waals surface area contributed by atoms with E-state index in [4.69, 9.17) is 0 Å². The fourth-order valence-electron chi connectivity index (χ4n) is 4.20. The van der Waals surface area contributed by atoms with Gasteiger partial charge in [0.25, 0.3) is 0 Å².